The van der Waals surface area contributed by atoms with Crippen LogP contribution in [0.4, 0.5) is 0 Å². The van der Waals surface area contributed by atoms with E-state index in [0.29, 0.717) is 0 Å². The predicted octanol–water partition coefficient (Wildman–Crippen LogP) is 7.35. The first-order valence-electron chi connectivity index (χ1n) is 11.4. The van der Waals surface area contributed by atoms with Crippen LogP contribution in [0.15, 0.2) is 94.1 Å². The van der Waals surface area contributed by atoms with Gasteiger partial charge >= 0.3 is 222 Å². The number of rotatable bonds is 3. The standard InChI is InChI=1S/C31H30.2W/c1-20-7-8-25(6)31(16-20)30-15-24(5)11-27(19-30)17-26-10-23(4)14-29(18-26)28-12-21(2)9-22(3)13-28;;/h8-10,12-16,18-19H,17H2,1-6H3;;/b31-30+;;. The van der Waals surface area contributed by atoms with E-state index in [0.717, 1.165) is 6.42 Å². The van der Waals surface area contributed by atoms with E-state index < -0.39 is 0 Å². The molecule has 2 aromatic rings. The van der Waals surface area contributed by atoms with Crippen molar-refractivity contribution in [2.24, 2.45) is 0 Å². The van der Waals surface area contributed by atoms with Gasteiger partial charge in [-0.05, 0) is 0 Å². The number of hydrogen-bond donors (Lipinski definition) is 0. The molecule has 0 N–H and O–H groups in total. The Bertz CT molecular complexity index is 1330. The zero-order valence-electron chi connectivity index (χ0n) is 20.3. The molecule has 0 spiro atoms. The average molecular weight is 770 g/mol. The van der Waals surface area contributed by atoms with Crippen molar-refractivity contribution in [2.75, 3.05) is 0 Å². The molecule has 0 amide bonds. The molecule has 2 aliphatic rings. The normalized spacial score (nSPS) is 18.6. The van der Waals surface area contributed by atoms with Gasteiger partial charge < -0.3 is 0 Å². The average Bonchev–Trinajstić information content (AvgIpc) is 2.73. The van der Waals surface area contributed by atoms with Crippen LogP contribution in [-0.2, 0) is 45.1 Å². The quantitative estimate of drug-likeness (QED) is 0.307. The van der Waals surface area contributed by atoms with E-state index in [1.165, 1.54) is 74.6 Å². The monoisotopic (exact) mass is 770 g/mol. The summed E-state index contributed by atoms with van der Waals surface area (Å²) in [5, 5.41) is 0. The van der Waals surface area contributed by atoms with Crippen LogP contribution in [0.5, 0.6) is 0 Å². The SMILES string of the molecule is CC1=C/C(=C2/C=C(C)[C](=[W])C(Cc3cc(C)cc(-c4cc(C)cc(C)c4)c3)=C2)C(C)=C[C]1=[W]. The van der Waals surface area contributed by atoms with E-state index in [1.807, 2.05) is 0 Å². The Morgan fingerprint density at radius 1 is 0.576 bits per heavy atom. The molecule has 0 saturated carbocycles. The van der Waals surface area contributed by atoms with E-state index in [1.54, 1.807) is 38.7 Å². The second-order valence-electron chi connectivity index (χ2n) is 9.47. The number of aryl methyl sites for hydroxylation is 3. The van der Waals surface area contributed by atoms with Gasteiger partial charge in [0, 0.05) is 0 Å². The van der Waals surface area contributed by atoms with Crippen LogP contribution >= 0.6 is 0 Å². The maximum absolute atomic E-state index is 2.44. The van der Waals surface area contributed by atoms with Gasteiger partial charge in [0.15, 0.2) is 0 Å². The molecule has 2 heteroatoms. The third kappa shape index (κ3) is 5.50. The van der Waals surface area contributed by atoms with Crippen molar-refractivity contribution in [1.82, 2.24) is 0 Å². The second kappa shape index (κ2) is 9.86. The Kier molecular flexibility index (Phi) is 7.28. The Balaban J connectivity index is 1.75. The van der Waals surface area contributed by atoms with Crippen LogP contribution in [0.3, 0.4) is 0 Å². The van der Waals surface area contributed by atoms with Gasteiger partial charge in [0.05, 0.1) is 0 Å². The minimum atomic E-state index is 0.973. The Labute approximate surface area is 220 Å². The summed E-state index contributed by atoms with van der Waals surface area (Å²) in [6.45, 7) is 13.3. The molecule has 0 aromatic heterocycles. The molecular weight excluding hydrogens is 740 g/mol. The molecule has 0 heterocycles. The first-order valence-corrected chi connectivity index (χ1v) is 14.3. The van der Waals surface area contributed by atoms with E-state index >= 15 is 0 Å². The molecule has 0 saturated heterocycles. The van der Waals surface area contributed by atoms with Crippen molar-refractivity contribution < 1.29 is 38.7 Å². The van der Waals surface area contributed by atoms with E-state index in [2.05, 4.69) is 102 Å². The summed E-state index contributed by atoms with van der Waals surface area (Å²) < 4.78 is 2.93. The summed E-state index contributed by atoms with van der Waals surface area (Å²) in [6.07, 6.45) is 10.5. The summed E-state index contributed by atoms with van der Waals surface area (Å²) >= 11 is 3.09. The first kappa shape index (κ1) is 24.4. The molecule has 0 bridgehead atoms. The van der Waals surface area contributed by atoms with E-state index in [9.17, 15) is 0 Å². The molecule has 0 radical (unpaired) electrons. The molecule has 0 atom stereocenters. The summed E-state index contributed by atoms with van der Waals surface area (Å²) in [6, 6.07) is 13.9. The second-order valence-corrected chi connectivity index (χ2v) is 12.5. The molecule has 0 fully saturated rings. The molecule has 0 nitrogen and oxygen atoms in total. The fraction of sp³-hybridized carbons (Fsp3) is 0.226. The molecular formula is C31H30W2. The van der Waals surface area contributed by atoms with Gasteiger partial charge in [-0.1, -0.05) is 0 Å². The predicted molar refractivity (Wildman–Crippen MR) is 136 cm³/mol. The summed E-state index contributed by atoms with van der Waals surface area (Å²) in [5.74, 6) is 0. The number of hydrogen-bond acceptors (Lipinski definition) is 0. The van der Waals surface area contributed by atoms with Crippen LogP contribution in [0, 0.1) is 20.8 Å². The molecule has 0 aliphatic heterocycles. The van der Waals surface area contributed by atoms with Crippen LogP contribution < -0.4 is 0 Å². The van der Waals surface area contributed by atoms with Crippen LogP contribution in [0.2, 0.25) is 0 Å². The van der Waals surface area contributed by atoms with Gasteiger partial charge in [-0.25, -0.2) is 0 Å². The summed E-state index contributed by atoms with van der Waals surface area (Å²) in [7, 11) is 0. The molecule has 2 aliphatic carbocycles. The van der Waals surface area contributed by atoms with Gasteiger partial charge in [0.2, 0.25) is 0 Å². The van der Waals surface area contributed by atoms with Gasteiger partial charge in [0.1, 0.15) is 0 Å². The van der Waals surface area contributed by atoms with Gasteiger partial charge in [-0.2, -0.15) is 0 Å². The Morgan fingerprint density at radius 3 is 1.85 bits per heavy atom. The summed E-state index contributed by atoms with van der Waals surface area (Å²) in [4.78, 5) is 0. The maximum atomic E-state index is 2.44. The zero-order chi connectivity index (χ0) is 23.9. The van der Waals surface area contributed by atoms with Gasteiger partial charge in [-0.15, -0.1) is 0 Å². The van der Waals surface area contributed by atoms with Crippen molar-refractivity contribution in [1.29, 1.82) is 0 Å². The fourth-order valence-electron chi connectivity index (χ4n) is 4.73. The van der Waals surface area contributed by atoms with E-state index in [-0.39, 0.29) is 0 Å². The first-order chi connectivity index (χ1) is 15.6. The van der Waals surface area contributed by atoms with Crippen LogP contribution in [-0.4, -0.2) is 7.80 Å². The Hall–Kier alpha value is -1.74. The van der Waals surface area contributed by atoms with Crippen molar-refractivity contribution in [2.45, 2.75) is 48.0 Å². The minimum absolute atomic E-state index is 0.973. The van der Waals surface area contributed by atoms with Gasteiger partial charge in [0.25, 0.3) is 0 Å². The molecule has 4 rings (SSSR count). The topological polar surface area (TPSA) is 0 Å². The van der Waals surface area contributed by atoms with Crippen molar-refractivity contribution in [3.63, 3.8) is 0 Å². The molecule has 2 aromatic carbocycles. The van der Waals surface area contributed by atoms with Crippen LogP contribution in [0.25, 0.3) is 11.1 Å². The fourth-order valence-corrected chi connectivity index (χ4v) is 6.26. The van der Waals surface area contributed by atoms with Gasteiger partial charge in [-0.3, -0.25) is 0 Å². The third-order valence-corrected chi connectivity index (χ3v) is 9.95. The number of benzene rings is 2. The van der Waals surface area contributed by atoms with Crippen molar-refractivity contribution in [3.05, 3.63) is 116 Å². The van der Waals surface area contributed by atoms with E-state index in [4.69, 9.17) is 0 Å². The van der Waals surface area contributed by atoms with Crippen molar-refractivity contribution >= 4 is 7.80 Å². The van der Waals surface area contributed by atoms with Crippen molar-refractivity contribution in [3.8, 4) is 11.1 Å². The summed E-state index contributed by atoms with van der Waals surface area (Å²) in [5.41, 5.74) is 16.4. The van der Waals surface area contributed by atoms with Crippen LogP contribution in [0.1, 0.15) is 43.0 Å². The molecule has 0 unspecified atom stereocenters. The molecule has 166 valence electrons. The third-order valence-electron chi connectivity index (χ3n) is 6.27. The molecule has 33 heavy (non-hydrogen) atoms. The number of allylic oxidation sites excluding steroid dienone is 10. The zero-order valence-corrected chi connectivity index (χ0v) is 26.2. The Morgan fingerprint density at radius 2 is 1.18 bits per heavy atom.